The van der Waals surface area contributed by atoms with Crippen molar-refractivity contribution in [3.05, 3.63) is 33.3 Å². The fourth-order valence-corrected chi connectivity index (χ4v) is 2.27. The maximum Gasteiger partial charge on any atom is 0.454 e. The number of carbonyl (C=O) groups is 1. The second kappa shape index (κ2) is 4.57. The Morgan fingerprint density at radius 2 is 1.94 bits per heavy atom. The van der Waals surface area contributed by atoms with Gasteiger partial charge < -0.3 is 0 Å². The Kier molecular flexibility index (Phi) is 3.78. The molecule has 16 heavy (non-hydrogen) atoms. The van der Waals surface area contributed by atoms with Crippen molar-refractivity contribution in [3.8, 4) is 0 Å². The highest BCUT2D eigenvalue weighted by Gasteiger charge is 2.40. The maximum atomic E-state index is 12.3. The van der Waals surface area contributed by atoms with E-state index in [-0.39, 0.29) is 5.56 Å². The first-order chi connectivity index (χ1) is 7.29. The smallest absolute Gasteiger partial charge is 0.284 e. The van der Waals surface area contributed by atoms with Crippen molar-refractivity contribution in [1.82, 2.24) is 0 Å². The van der Waals surface area contributed by atoms with Gasteiger partial charge in [0.2, 0.25) is 0 Å². The molecule has 0 saturated heterocycles. The molecule has 0 atom stereocenters. The lowest BCUT2D eigenvalue weighted by Gasteiger charge is -2.12. The minimum absolute atomic E-state index is 0.271. The van der Waals surface area contributed by atoms with E-state index in [0.717, 1.165) is 10.0 Å². The molecule has 0 spiro atoms. The molecule has 0 amide bonds. The molecule has 5 heteroatoms. The summed E-state index contributed by atoms with van der Waals surface area (Å²) >= 11 is 3.25. The van der Waals surface area contributed by atoms with Gasteiger partial charge >= 0.3 is 6.18 Å². The van der Waals surface area contributed by atoms with Gasteiger partial charge in [-0.05, 0) is 36.6 Å². The Bertz CT molecular complexity index is 424. The number of hydrogen-bond donors (Lipinski definition) is 0. The van der Waals surface area contributed by atoms with Crippen molar-refractivity contribution in [3.63, 3.8) is 0 Å². The molecule has 0 unspecified atom stereocenters. The van der Waals surface area contributed by atoms with Gasteiger partial charge in [0.05, 0.1) is 0 Å². The highest BCUT2D eigenvalue weighted by atomic mass is 79.9. The topological polar surface area (TPSA) is 17.1 Å². The van der Waals surface area contributed by atoms with Crippen LogP contribution >= 0.6 is 15.9 Å². The Hall–Kier alpha value is -0.840. The van der Waals surface area contributed by atoms with Crippen molar-refractivity contribution in [1.29, 1.82) is 0 Å². The van der Waals surface area contributed by atoms with Gasteiger partial charge in [0.1, 0.15) is 0 Å². The Morgan fingerprint density at radius 3 is 2.38 bits per heavy atom. The van der Waals surface area contributed by atoms with E-state index >= 15 is 0 Å². The number of rotatable bonds is 2. The van der Waals surface area contributed by atoms with Gasteiger partial charge in [-0.15, -0.1) is 0 Å². The van der Waals surface area contributed by atoms with Gasteiger partial charge in [0.25, 0.3) is 5.78 Å². The van der Waals surface area contributed by atoms with Crippen molar-refractivity contribution in [2.75, 3.05) is 0 Å². The molecular formula is C11H10BrF3O. The third-order valence-electron chi connectivity index (χ3n) is 2.40. The molecule has 1 aromatic carbocycles. The van der Waals surface area contributed by atoms with E-state index in [1.54, 1.807) is 0 Å². The summed E-state index contributed by atoms with van der Waals surface area (Å²) < 4.78 is 37.6. The van der Waals surface area contributed by atoms with E-state index in [9.17, 15) is 18.0 Å². The fourth-order valence-electron chi connectivity index (χ4n) is 1.56. The summed E-state index contributed by atoms with van der Waals surface area (Å²) in [6.07, 6.45) is -4.24. The van der Waals surface area contributed by atoms with Crippen LogP contribution in [0.25, 0.3) is 0 Å². The van der Waals surface area contributed by atoms with Crippen molar-refractivity contribution < 1.29 is 18.0 Å². The third kappa shape index (κ3) is 2.45. The van der Waals surface area contributed by atoms with E-state index < -0.39 is 12.0 Å². The second-order valence-corrected chi connectivity index (χ2v) is 4.23. The molecule has 0 fully saturated rings. The Labute approximate surface area is 99.8 Å². The van der Waals surface area contributed by atoms with Gasteiger partial charge in [-0.2, -0.15) is 13.2 Å². The van der Waals surface area contributed by atoms with Crippen LogP contribution in [0.1, 0.15) is 28.4 Å². The quantitative estimate of drug-likeness (QED) is 0.752. The summed E-state index contributed by atoms with van der Waals surface area (Å²) in [5.41, 5.74) is 0.849. The number of hydrogen-bond acceptors (Lipinski definition) is 1. The standard InChI is InChI=1S/C11H10BrF3O/c1-3-7-6(2)8(4-5-9(7)12)10(16)11(13,14)15/h4-5H,3H2,1-2H3. The molecule has 1 rings (SSSR count). The van der Waals surface area contributed by atoms with Gasteiger partial charge in [-0.1, -0.05) is 22.9 Å². The largest absolute Gasteiger partial charge is 0.454 e. The number of ketones is 1. The van der Waals surface area contributed by atoms with Crippen LogP contribution in [-0.2, 0) is 6.42 Å². The lowest BCUT2D eigenvalue weighted by molar-refractivity contribution is -0.0885. The average molecular weight is 295 g/mol. The molecule has 88 valence electrons. The zero-order valence-electron chi connectivity index (χ0n) is 8.78. The van der Waals surface area contributed by atoms with Gasteiger partial charge in [0, 0.05) is 10.0 Å². The number of benzene rings is 1. The first-order valence-corrected chi connectivity index (χ1v) is 5.47. The minimum Gasteiger partial charge on any atom is -0.284 e. The highest BCUT2D eigenvalue weighted by Crippen LogP contribution is 2.28. The van der Waals surface area contributed by atoms with Crippen molar-refractivity contribution in [2.45, 2.75) is 26.4 Å². The predicted molar refractivity (Wildman–Crippen MR) is 58.6 cm³/mol. The molecule has 0 N–H and O–H groups in total. The van der Waals surface area contributed by atoms with Crippen LogP contribution in [0.15, 0.2) is 16.6 Å². The van der Waals surface area contributed by atoms with Crippen LogP contribution < -0.4 is 0 Å². The van der Waals surface area contributed by atoms with E-state index in [0.29, 0.717) is 12.0 Å². The summed E-state index contributed by atoms with van der Waals surface area (Å²) in [6.45, 7) is 3.36. The second-order valence-electron chi connectivity index (χ2n) is 3.38. The first-order valence-electron chi connectivity index (χ1n) is 4.68. The lowest BCUT2D eigenvalue weighted by atomic mass is 9.98. The predicted octanol–water partition coefficient (Wildman–Crippen LogP) is 4.06. The van der Waals surface area contributed by atoms with E-state index in [1.165, 1.54) is 19.1 Å². The van der Waals surface area contributed by atoms with Crippen LogP contribution in [0.3, 0.4) is 0 Å². The van der Waals surface area contributed by atoms with Crippen molar-refractivity contribution >= 4 is 21.7 Å². The first kappa shape index (κ1) is 13.2. The molecule has 0 saturated carbocycles. The molecule has 0 aliphatic rings. The van der Waals surface area contributed by atoms with Gasteiger partial charge in [-0.3, -0.25) is 4.79 Å². The summed E-state index contributed by atoms with van der Waals surface area (Å²) in [5, 5.41) is 0. The number of Topliss-reactive ketones (excluding diaryl/α,β-unsaturated/α-hetero) is 1. The normalized spacial score (nSPS) is 11.6. The minimum atomic E-state index is -4.82. The van der Waals surface area contributed by atoms with Crippen LogP contribution in [0.5, 0.6) is 0 Å². The van der Waals surface area contributed by atoms with Crippen LogP contribution in [0, 0.1) is 6.92 Å². The summed E-state index contributed by atoms with van der Waals surface area (Å²) in [4.78, 5) is 11.1. The third-order valence-corrected chi connectivity index (χ3v) is 3.14. The Morgan fingerprint density at radius 1 is 1.38 bits per heavy atom. The molecule has 0 aliphatic carbocycles. The van der Waals surface area contributed by atoms with Crippen LogP contribution in [-0.4, -0.2) is 12.0 Å². The monoisotopic (exact) mass is 294 g/mol. The summed E-state index contributed by atoms with van der Waals surface area (Å²) in [6, 6.07) is 2.68. The molecule has 0 radical (unpaired) electrons. The van der Waals surface area contributed by atoms with Gasteiger partial charge in [-0.25, -0.2) is 0 Å². The zero-order valence-corrected chi connectivity index (χ0v) is 10.4. The molecule has 1 aromatic rings. The number of carbonyl (C=O) groups excluding carboxylic acids is 1. The molecule has 1 nitrogen and oxygen atoms in total. The highest BCUT2D eigenvalue weighted by molar-refractivity contribution is 9.10. The molecular weight excluding hydrogens is 285 g/mol. The summed E-state index contributed by atoms with van der Waals surface area (Å²) in [7, 11) is 0. The molecule has 0 aliphatic heterocycles. The van der Waals surface area contributed by atoms with Crippen LogP contribution in [0.4, 0.5) is 13.2 Å². The van der Waals surface area contributed by atoms with Crippen molar-refractivity contribution in [2.24, 2.45) is 0 Å². The summed E-state index contributed by atoms with van der Waals surface area (Å²) in [5.74, 6) is -1.78. The zero-order chi connectivity index (χ0) is 12.5. The molecule has 0 aromatic heterocycles. The number of alkyl halides is 3. The van der Waals surface area contributed by atoms with E-state index in [1.807, 2.05) is 6.92 Å². The van der Waals surface area contributed by atoms with E-state index in [2.05, 4.69) is 15.9 Å². The van der Waals surface area contributed by atoms with Crippen LogP contribution in [0.2, 0.25) is 0 Å². The molecule has 0 bridgehead atoms. The van der Waals surface area contributed by atoms with Gasteiger partial charge in [0.15, 0.2) is 0 Å². The maximum absolute atomic E-state index is 12.3. The fraction of sp³-hybridized carbons (Fsp3) is 0.364. The van der Waals surface area contributed by atoms with E-state index in [4.69, 9.17) is 0 Å². The SMILES string of the molecule is CCc1c(Br)ccc(C(=O)C(F)(F)F)c1C. The Balaban J connectivity index is 3.32. The molecule has 0 heterocycles. The number of halogens is 4. The average Bonchev–Trinajstić information content (AvgIpc) is 2.16. The lowest BCUT2D eigenvalue weighted by Crippen LogP contribution is -2.24.